The molecule has 0 saturated carbocycles. The van der Waals surface area contributed by atoms with Crippen LogP contribution in [0.1, 0.15) is 54.5 Å². The zero-order valence-corrected chi connectivity index (χ0v) is 13.6. The van der Waals surface area contributed by atoms with Gasteiger partial charge in [0.05, 0.1) is 16.8 Å². The molecule has 1 fully saturated rings. The molecule has 1 aromatic rings. The van der Waals surface area contributed by atoms with Gasteiger partial charge in [0.15, 0.2) is 0 Å². The molecule has 0 amide bonds. The Kier molecular flexibility index (Phi) is 4.41. The van der Waals surface area contributed by atoms with Crippen LogP contribution in [0, 0.1) is 22.7 Å². The van der Waals surface area contributed by atoms with Crippen LogP contribution < -0.4 is 4.90 Å². The average molecular weight is 309 g/mol. The van der Waals surface area contributed by atoms with Gasteiger partial charge >= 0.3 is 0 Å². The van der Waals surface area contributed by atoms with Gasteiger partial charge in [-0.2, -0.15) is 10.5 Å². The monoisotopic (exact) mass is 309 g/mol. The molecule has 2 heterocycles. The summed E-state index contributed by atoms with van der Waals surface area (Å²) in [6.07, 6.45) is 6.72. The predicted octanol–water partition coefficient (Wildman–Crippen LogP) is 4.50. The second kappa shape index (κ2) is 6.46. The first-order chi connectivity index (χ1) is 10.7. The SMILES string of the molecule is CC1=CCC(c2cc(C#N)c(N3CCCCC3)c(C#N)c2)S1. The number of piperidine rings is 1. The van der Waals surface area contributed by atoms with Crippen LogP contribution in [-0.4, -0.2) is 13.1 Å². The van der Waals surface area contributed by atoms with E-state index < -0.39 is 0 Å². The van der Waals surface area contributed by atoms with Crippen LogP contribution in [0.3, 0.4) is 0 Å². The molecule has 2 aliphatic rings. The first kappa shape index (κ1) is 15.0. The van der Waals surface area contributed by atoms with Crippen LogP contribution in [-0.2, 0) is 0 Å². The molecule has 0 radical (unpaired) electrons. The van der Waals surface area contributed by atoms with Crippen molar-refractivity contribution >= 4 is 17.4 Å². The van der Waals surface area contributed by atoms with Gasteiger partial charge in [-0.1, -0.05) is 6.08 Å². The quantitative estimate of drug-likeness (QED) is 0.807. The van der Waals surface area contributed by atoms with Crippen molar-refractivity contribution in [2.75, 3.05) is 18.0 Å². The number of thioether (sulfide) groups is 1. The first-order valence-electron chi connectivity index (χ1n) is 7.79. The van der Waals surface area contributed by atoms with Crippen molar-refractivity contribution in [3.8, 4) is 12.1 Å². The van der Waals surface area contributed by atoms with Crippen LogP contribution in [0.5, 0.6) is 0 Å². The van der Waals surface area contributed by atoms with Crippen molar-refractivity contribution < 1.29 is 0 Å². The largest absolute Gasteiger partial charge is 0.369 e. The minimum absolute atomic E-state index is 0.342. The molecule has 22 heavy (non-hydrogen) atoms. The zero-order chi connectivity index (χ0) is 15.5. The lowest BCUT2D eigenvalue weighted by Crippen LogP contribution is -2.30. The second-order valence-corrected chi connectivity index (χ2v) is 7.34. The standard InChI is InChI=1S/C18H19N3S/c1-13-5-6-17(22-13)14-9-15(11-19)18(16(10-14)12-20)21-7-3-2-4-8-21/h5,9-10,17H,2-4,6-8H2,1H3. The number of allylic oxidation sites excluding steroid dienone is 2. The Morgan fingerprint density at radius 1 is 1.09 bits per heavy atom. The molecule has 1 saturated heterocycles. The van der Waals surface area contributed by atoms with E-state index in [9.17, 15) is 10.5 Å². The third-order valence-corrected chi connectivity index (χ3v) is 5.65. The van der Waals surface area contributed by atoms with Gasteiger partial charge in [0, 0.05) is 18.3 Å². The van der Waals surface area contributed by atoms with Gasteiger partial charge < -0.3 is 4.90 Å². The molecular weight excluding hydrogens is 290 g/mol. The fraction of sp³-hybridized carbons (Fsp3) is 0.444. The van der Waals surface area contributed by atoms with Gasteiger partial charge in [0.25, 0.3) is 0 Å². The summed E-state index contributed by atoms with van der Waals surface area (Å²) in [5, 5.41) is 19.5. The van der Waals surface area contributed by atoms with Crippen molar-refractivity contribution in [3.63, 3.8) is 0 Å². The van der Waals surface area contributed by atoms with Gasteiger partial charge in [-0.05, 0) is 55.2 Å². The van der Waals surface area contributed by atoms with Crippen molar-refractivity contribution in [2.24, 2.45) is 0 Å². The Morgan fingerprint density at radius 2 is 1.73 bits per heavy atom. The number of rotatable bonds is 2. The van der Waals surface area contributed by atoms with E-state index in [1.807, 2.05) is 23.9 Å². The van der Waals surface area contributed by atoms with Gasteiger partial charge in [-0.25, -0.2) is 0 Å². The summed E-state index contributed by atoms with van der Waals surface area (Å²) in [6, 6.07) is 8.64. The summed E-state index contributed by atoms with van der Waals surface area (Å²) in [6.45, 7) is 4.01. The topological polar surface area (TPSA) is 50.8 Å². The van der Waals surface area contributed by atoms with Crippen LogP contribution in [0.4, 0.5) is 5.69 Å². The van der Waals surface area contributed by atoms with E-state index in [-0.39, 0.29) is 0 Å². The maximum absolute atomic E-state index is 9.58. The Labute approximate surface area is 136 Å². The second-order valence-electron chi connectivity index (χ2n) is 5.89. The number of nitrogens with zero attached hydrogens (tertiary/aromatic N) is 3. The zero-order valence-electron chi connectivity index (χ0n) is 12.8. The lowest BCUT2D eigenvalue weighted by Gasteiger charge is -2.30. The molecule has 1 atom stereocenters. The fourth-order valence-electron chi connectivity index (χ4n) is 3.27. The Hall–Kier alpha value is -1.91. The van der Waals surface area contributed by atoms with E-state index in [1.54, 1.807) is 0 Å². The number of hydrogen-bond donors (Lipinski definition) is 0. The Balaban J connectivity index is 2.00. The Morgan fingerprint density at radius 3 is 2.23 bits per heavy atom. The molecular formula is C18H19N3S. The molecule has 0 aromatic heterocycles. The van der Waals surface area contributed by atoms with E-state index in [1.165, 1.54) is 11.3 Å². The predicted molar refractivity (Wildman–Crippen MR) is 90.6 cm³/mol. The molecule has 0 N–H and O–H groups in total. The minimum Gasteiger partial charge on any atom is -0.369 e. The van der Waals surface area contributed by atoms with E-state index in [0.717, 1.165) is 43.6 Å². The normalized spacial score (nSPS) is 21.1. The first-order valence-corrected chi connectivity index (χ1v) is 8.67. The molecule has 3 nitrogen and oxygen atoms in total. The van der Waals surface area contributed by atoms with Crippen molar-refractivity contribution in [1.29, 1.82) is 10.5 Å². The Bertz CT molecular complexity index is 652. The summed E-state index contributed by atoms with van der Waals surface area (Å²) in [4.78, 5) is 3.54. The third kappa shape index (κ3) is 2.85. The lowest BCUT2D eigenvalue weighted by molar-refractivity contribution is 0.577. The van der Waals surface area contributed by atoms with E-state index in [2.05, 4.69) is 30.0 Å². The molecule has 0 bridgehead atoms. The lowest BCUT2D eigenvalue weighted by atomic mass is 9.98. The van der Waals surface area contributed by atoms with Crippen molar-refractivity contribution in [1.82, 2.24) is 0 Å². The summed E-state index contributed by atoms with van der Waals surface area (Å²) in [5.41, 5.74) is 3.26. The van der Waals surface area contributed by atoms with E-state index in [4.69, 9.17) is 0 Å². The van der Waals surface area contributed by atoms with Crippen LogP contribution in [0.25, 0.3) is 0 Å². The molecule has 4 heteroatoms. The van der Waals surface area contributed by atoms with Crippen LogP contribution >= 0.6 is 11.8 Å². The maximum atomic E-state index is 9.58. The highest BCUT2D eigenvalue weighted by atomic mass is 32.2. The smallest absolute Gasteiger partial charge is 0.101 e. The average Bonchev–Trinajstić information content (AvgIpc) is 3.00. The van der Waals surface area contributed by atoms with Crippen LogP contribution in [0.15, 0.2) is 23.1 Å². The number of nitriles is 2. The summed E-state index contributed by atoms with van der Waals surface area (Å²) >= 11 is 1.83. The highest BCUT2D eigenvalue weighted by Crippen LogP contribution is 2.44. The molecule has 1 aromatic carbocycles. The summed E-state index contributed by atoms with van der Waals surface area (Å²) in [5.74, 6) is 0. The molecule has 1 unspecified atom stereocenters. The van der Waals surface area contributed by atoms with Crippen molar-refractivity contribution in [2.45, 2.75) is 37.9 Å². The van der Waals surface area contributed by atoms with Crippen molar-refractivity contribution in [3.05, 3.63) is 39.8 Å². The third-order valence-electron chi connectivity index (χ3n) is 4.36. The maximum Gasteiger partial charge on any atom is 0.101 e. The fourth-order valence-corrected chi connectivity index (χ4v) is 4.37. The highest BCUT2D eigenvalue weighted by molar-refractivity contribution is 8.03. The van der Waals surface area contributed by atoms with Gasteiger partial charge in [-0.15, -0.1) is 11.8 Å². The molecule has 3 rings (SSSR count). The molecule has 112 valence electrons. The minimum atomic E-state index is 0.342. The number of hydrogen-bond acceptors (Lipinski definition) is 4. The van der Waals surface area contributed by atoms with E-state index in [0.29, 0.717) is 16.4 Å². The van der Waals surface area contributed by atoms with Gasteiger partial charge in [-0.3, -0.25) is 0 Å². The molecule has 0 aliphatic carbocycles. The summed E-state index contributed by atoms with van der Waals surface area (Å²) in [7, 11) is 0. The molecule has 2 aliphatic heterocycles. The molecule has 0 spiro atoms. The van der Waals surface area contributed by atoms with E-state index >= 15 is 0 Å². The van der Waals surface area contributed by atoms with Crippen LogP contribution in [0.2, 0.25) is 0 Å². The number of benzene rings is 1. The summed E-state index contributed by atoms with van der Waals surface area (Å²) < 4.78 is 0. The number of anilines is 1. The highest BCUT2D eigenvalue weighted by Gasteiger charge is 2.23. The van der Waals surface area contributed by atoms with Gasteiger partial charge in [0.1, 0.15) is 12.1 Å². The van der Waals surface area contributed by atoms with Gasteiger partial charge in [0.2, 0.25) is 0 Å².